The van der Waals surface area contributed by atoms with Gasteiger partial charge in [-0.2, -0.15) is 5.26 Å². The maximum Gasteiger partial charge on any atom is 0.145 e. The fourth-order valence-corrected chi connectivity index (χ4v) is 1.65. The summed E-state index contributed by atoms with van der Waals surface area (Å²) in [5.41, 5.74) is 2.30. The molecule has 2 rings (SSSR count). The zero-order valence-electron chi connectivity index (χ0n) is 10.1. The third-order valence-electron chi connectivity index (χ3n) is 2.56. The summed E-state index contributed by atoms with van der Waals surface area (Å²) in [5, 5.41) is 18.1. The Hall–Kier alpha value is -2.31. The fraction of sp³-hybridized carbons (Fsp3) is 0.133. The van der Waals surface area contributed by atoms with Crippen LogP contribution in [-0.4, -0.2) is 5.11 Å². The van der Waals surface area contributed by atoms with Crippen LogP contribution in [0, 0.1) is 18.3 Å². The first-order valence-corrected chi connectivity index (χ1v) is 5.61. The summed E-state index contributed by atoms with van der Waals surface area (Å²) in [6.07, 6.45) is 0. The van der Waals surface area contributed by atoms with Crippen LogP contribution in [0.4, 0.5) is 0 Å². The van der Waals surface area contributed by atoms with Crippen LogP contribution < -0.4 is 4.74 Å². The lowest BCUT2D eigenvalue weighted by atomic mass is 10.1. The maximum absolute atomic E-state index is 9.06. The minimum absolute atomic E-state index is 0.0315. The van der Waals surface area contributed by atoms with E-state index in [9.17, 15) is 0 Å². The molecule has 0 unspecified atom stereocenters. The van der Waals surface area contributed by atoms with E-state index in [-0.39, 0.29) is 6.61 Å². The Labute approximate surface area is 106 Å². The average molecular weight is 239 g/mol. The van der Waals surface area contributed by atoms with Crippen LogP contribution in [0.5, 0.6) is 11.5 Å². The highest BCUT2D eigenvalue weighted by Gasteiger charge is 2.05. The van der Waals surface area contributed by atoms with Gasteiger partial charge in [-0.15, -0.1) is 0 Å². The van der Waals surface area contributed by atoms with Gasteiger partial charge < -0.3 is 9.84 Å². The van der Waals surface area contributed by atoms with Crippen molar-refractivity contribution in [3.05, 3.63) is 59.2 Å². The van der Waals surface area contributed by atoms with Crippen LogP contribution in [0.25, 0.3) is 0 Å². The second-order valence-electron chi connectivity index (χ2n) is 4.02. The highest BCUT2D eigenvalue weighted by Crippen LogP contribution is 2.26. The van der Waals surface area contributed by atoms with Gasteiger partial charge in [-0.05, 0) is 42.3 Å². The van der Waals surface area contributed by atoms with Gasteiger partial charge in [-0.1, -0.05) is 18.2 Å². The number of aliphatic hydroxyl groups is 1. The van der Waals surface area contributed by atoms with Crippen molar-refractivity contribution in [2.75, 3.05) is 0 Å². The summed E-state index contributed by atoms with van der Waals surface area (Å²) in [6, 6.07) is 14.7. The predicted octanol–water partition coefficient (Wildman–Crippen LogP) is 3.15. The molecule has 0 spiro atoms. The molecule has 3 heteroatoms. The first-order valence-electron chi connectivity index (χ1n) is 5.61. The van der Waals surface area contributed by atoms with Gasteiger partial charge in [0.05, 0.1) is 12.2 Å². The lowest BCUT2D eigenvalue weighted by Gasteiger charge is -2.08. The molecule has 2 aromatic rings. The topological polar surface area (TPSA) is 53.2 Å². The third kappa shape index (κ3) is 2.68. The highest BCUT2D eigenvalue weighted by atomic mass is 16.5. The number of nitrogens with zero attached hydrogens (tertiary/aromatic N) is 1. The van der Waals surface area contributed by atoms with Crippen molar-refractivity contribution >= 4 is 0 Å². The van der Waals surface area contributed by atoms with Crippen LogP contribution >= 0.6 is 0 Å². The van der Waals surface area contributed by atoms with Gasteiger partial charge in [0.15, 0.2) is 0 Å². The maximum atomic E-state index is 9.06. The van der Waals surface area contributed by atoms with Crippen molar-refractivity contribution < 1.29 is 9.84 Å². The molecule has 2 aromatic carbocycles. The van der Waals surface area contributed by atoms with Crippen LogP contribution in [0.2, 0.25) is 0 Å². The zero-order valence-corrected chi connectivity index (χ0v) is 10.1. The van der Waals surface area contributed by atoms with Gasteiger partial charge in [0.25, 0.3) is 0 Å². The summed E-state index contributed by atoms with van der Waals surface area (Å²) >= 11 is 0. The van der Waals surface area contributed by atoms with E-state index in [4.69, 9.17) is 15.1 Å². The summed E-state index contributed by atoms with van der Waals surface area (Å²) in [7, 11) is 0. The summed E-state index contributed by atoms with van der Waals surface area (Å²) in [5.74, 6) is 1.14. The van der Waals surface area contributed by atoms with Gasteiger partial charge >= 0.3 is 0 Å². The van der Waals surface area contributed by atoms with Crippen LogP contribution in [0.15, 0.2) is 42.5 Å². The molecule has 0 heterocycles. The number of nitriles is 1. The predicted molar refractivity (Wildman–Crippen MR) is 68.3 cm³/mol. The Kier molecular flexibility index (Phi) is 3.61. The number of aryl methyl sites for hydroxylation is 1. The molecule has 90 valence electrons. The van der Waals surface area contributed by atoms with E-state index < -0.39 is 0 Å². The smallest absolute Gasteiger partial charge is 0.145 e. The Balaban J connectivity index is 2.31. The molecule has 0 saturated carbocycles. The molecule has 0 aliphatic rings. The molecule has 1 N–H and O–H groups in total. The molecule has 0 atom stereocenters. The number of benzene rings is 2. The molecule has 0 aliphatic heterocycles. The van der Waals surface area contributed by atoms with Crippen molar-refractivity contribution in [1.29, 1.82) is 5.26 Å². The van der Waals surface area contributed by atoms with Gasteiger partial charge in [0.2, 0.25) is 0 Å². The molecule has 0 aromatic heterocycles. The molecular formula is C15H13NO2. The van der Waals surface area contributed by atoms with Gasteiger partial charge in [-0.3, -0.25) is 0 Å². The molecule has 0 bridgehead atoms. The number of rotatable bonds is 3. The van der Waals surface area contributed by atoms with Crippen LogP contribution in [-0.2, 0) is 6.61 Å². The van der Waals surface area contributed by atoms with Crippen LogP contribution in [0.1, 0.15) is 16.7 Å². The van der Waals surface area contributed by atoms with Gasteiger partial charge in [-0.25, -0.2) is 0 Å². The molecule has 0 radical (unpaired) electrons. The normalized spacial score (nSPS) is 9.83. The number of hydrogen-bond acceptors (Lipinski definition) is 3. The van der Waals surface area contributed by atoms with Crippen molar-refractivity contribution in [2.45, 2.75) is 13.5 Å². The summed E-state index contributed by atoms with van der Waals surface area (Å²) in [4.78, 5) is 0. The highest BCUT2D eigenvalue weighted by molar-refractivity contribution is 5.47. The monoisotopic (exact) mass is 239 g/mol. The van der Waals surface area contributed by atoms with E-state index in [2.05, 4.69) is 6.07 Å². The fourth-order valence-electron chi connectivity index (χ4n) is 1.65. The van der Waals surface area contributed by atoms with E-state index in [0.29, 0.717) is 17.1 Å². The van der Waals surface area contributed by atoms with E-state index in [1.807, 2.05) is 19.1 Å². The molecule has 0 saturated heterocycles. The van der Waals surface area contributed by atoms with E-state index >= 15 is 0 Å². The summed E-state index contributed by atoms with van der Waals surface area (Å²) < 4.78 is 5.66. The number of hydrogen-bond donors (Lipinski definition) is 1. The van der Waals surface area contributed by atoms with E-state index in [1.54, 1.807) is 30.3 Å². The molecule has 0 aliphatic carbocycles. The molecule has 18 heavy (non-hydrogen) atoms. The quantitative estimate of drug-likeness (QED) is 0.895. The van der Waals surface area contributed by atoms with Crippen molar-refractivity contribution in [1.82, 2.24) is 0 Å². The van der Waals surface area contributed by atoms with Crippen molar-refractivity contribution in [2.24, 2.45) is 0 Å². The summed E-state index contributed by atoms with van der Waals surface area (Å²) in [6.45, 7) is 1.90. The number of aliphatic hydroxyl groups excluding tert-OH is 1. The van der Waals surface area contributed by atoms with E-state index in [1.165, 1.54) is 0 Å². The molecule has 0 amide bonds. The van der Waals surface area contributed by atoms with Gasteiger partial charge in [0, 0.05) is 0 Å². The second kappa shape index (κ2) is 5.35. The van der Waals surface area contributed by atoms with Crippen molar-refractivity contribution in [3.8, 4) is 17.6 Å². The largest absolute Gasteiger partial charge is 0.456 e. The Morgan fingerprint density at radius 2 is 2.06 bits per heavy atom. The molecule has 0 fully saturated rings. The first-order chi connectivity index (χ1) is 8.72. The Morgan fingerprint density at radius 1 is 1.22 bits per heavy atom. The molecular weight excluding hydrogens is 226 g/mol. The Morgan fingerprint density at radius 3 is 2.78 bits per heavy atom. The lowest BCUT2D eigenvalue weighted by Crippen LogP contribution is -1.90. The third-order valence-corrected chi connectivity index (χ3v) is 2.56. The average Bonchev–Trinajstić information content (AvgIpc) is 2.41. The van der Waals surface area contributed by atoms with E-state index in [0.717, 1.165) is 11.1 Å². The van der Waals surface area contributed by atoms with Gasteiger partial charge in [0.1, 0.15) is 17.6 Å². The Bertz CT molecular complexity index is 600. The molecule has 3 nitrogen and oxygen atoms in total. The van der Waals surface area contributed by atoms with Crippen molar-refractivity contribution in [3.63, 3.8) is 0 Å². The lowest BCUT2D eigenvalue weighted by molar-refractivity contribution is 0.281. The zero-order chi connectivity index (χ0) is 13.0. The standard InChI is InChI=1S/C15H13NO2/c1-11-5-6-15(13(7-11)9-16)18-14-4-2-3-12(8-14)10-17/h2-8,17H,10H2,1H3. The van der Waals surface area contributed by atoms with Crippen LogP contribution in [0.3, 0.4) is 0 Å². The first kappa shape index (κ1) is 12.2. The SMILES string of the molecule is Cc1ccc(Oc2cccc(CO)c2)c(C#N)c1. The number of ether oxygens (including phenoxy) is 1. The second-order valence-corrected chi connectivity index (χ2v) is 4.02. The minimum atomic E-state index is -0.0315. The minimum Gasteiger partial charge on any atom is -0.456 e.